The third-order valence-corrected chi connectivity index (χ3v) is 3.74. The van der Waals surface area contributed by atoms with Gasteiger partial charge in [0.15, 0.2) is 0 Å². The Kier molecular flexibility index (Phi) is 5.59. The predicted molar refractivity (Wildman–Crippen MR) is 90.6 cm³/mol. The molecule has 2 rings (SSSR count). The fraction of sp³-hybridized carbons (Fsp3) is 0.316. The van der Waals surface area contributed by atoms with Crippen LogP contribution in [0.1, 0.15) is 23.1 Å². The maximum Gasteiger partial charge on any atom is 0.121 e. The monoisotopic (exact) mass is 297 g/mol. The summed E-state index contributed by atoms with van der Waals surface area (Å²) in [5.41, 5.74) is 4.87. The van der Waals surface area contributed by atoms with Crippen molar-refractivity contribution in [2.24, 2.45) is 0 Å². The molecule has 0 aromatic heterocycles. The van der Waals surface area contributed by atoms with Gasteiger partial charge in [0.05, 0.1) is 7.11 Å². The van der Waals surface area contributed by atoms with E-state index in [2.05, 4.69) is 49.1 Å². The molecule has 0 aliphatic carbocycles. The molecule has 3 heteroatoms. The Morgan fingerprint density at radius 2 is 1.82 bits per heavy atom. The van der Waals surface area contributed by atoms with Crippen molar-refractivity contribution < 1.29 is 9.53 Å². The van der Waals surface area contributed by atoms with Crippen LogP contribution < -0.4 is 9.64 Å². The maximum absolute atomic E-state index is 10.8. The van der Waals surface area contributed by atoms with Crippen LogP contribution in [-0.4, -0.2) is 19.9 Å². The normalized spacial score (nSPS) is 10.3. The molecule has 0 amide bonds. The van der Waals surface area contributed by atoms with E-state index in [1.165, 1.54) is 22.4 Å². The first-order chi connectivity index (χ1) is 10.6. The first-order valence-corrected chi connectivity index (χ1v) is 7.53. The number of rotatable bonds is 7. The second-order valence-corrected chi connectivity index (χ2v) is 5.51. The molecule has 2 aromatic rings. The zero-order valence-electron chi connectivity index (χ0n) is 13.5. The van der Waals surface area contributed by atoms with Crippen LogP contribution in [0.4, 0.5) is 5.69 Å². The fourth-order valence-electron chi connectivity index (χ4n) is 2.60. The van der Waals surface area contributed by atoms with Gasteiger partial charge in [0.2, 0.25) is 0 Å². The molecule has 0 saturated carbocycles. The SMILES string of the molecule is COc1ccc(CN(CCC=O)c2ccc(C)cc2C)cc1. The molecule has 0 radical (unpaired) electrons. The largest absolute Gasteiger partial charge is 0.497 e. The van der Waals surface area contributed by atoms with E-state index >= 15 is 0 Å². The number of benzene rings is 2. The number of carbonyl (C=O) groups is 1. The fourth-order valence-corrected chi connectivity index (χ4v) is 2.60. The van der Waals surface area contributed by atoms with Crippen molar-refractivity contribution >= 4 is 12.0 Å². The molecule has 22 heavy (non-hydrogen) atoms. The zero-order chi connectivity index (χ0) is 15.9. The number of anilines is 1. The third kappa shape index (κ3) is 4.10. The van der Waals surface area contributed by atoms with E-state index in [-0.39, 0.29) is 0 Å². The number of ether oxygens (including phenoxy) is 1. The summed E-state index contributed by atoms with van der Waals surface area (Å²) in [6, 6.07) is 14.5. The van der Waals surface area contributed by atoms with Crippen molar-refractivity contribution in [1.82, 2.24) is 0 Å². The lowest BCUT2D eigenvalue weighted by atomic mass is 10.1. The van der Waals surface area contributed by atoms with Crippen molar-refractivity contribution in [3.8, 4) is 5.75 Å². The van der Waals surface area contributed by atoms with Crippen molar-refractivity contribution in [1.29, 1.82) is 0 Å². The lowest BCUT2D eigenvalue weighted by Gasteiger charge is -2.26. The minimum absolute atomic E-state index is 0.531. The van der Waals surface area contributed by atoms with E-state index in [0.29, 0.717) is 6.42 Å². The first kappa shape index (κ1) is 16.1. The van der Waals surface area contributed by atoms with Crippen molar-refractivity contribution in [3.63, 3.8) is 0 Å². The molecule has 116 valence electrons. The van der Waals surface area contributed by atoms with E-state index in [0.717, 1.165) is 25.1 Å². The molecule has 0 bridgehead atoms. The summed E-state index contributed by atoms with van der Waals surface area (Å²) in [5.74, 6) is 0.856. The molecule has 0 saturated heterocycles. The van der Waals surface area contributed by atoms with Gasteiger partial charge in [-0.2, -0.15) is 0 Å². The van der Waals surface area contributed by atoms with Crippen LogP contribution in [0, 0.1) is 13.8 Å². The predicted octanol–water partition coefficient (Wildman–Crippen LogP) is 3.91. The Morgan fingerprint density at radius 3 is 2.41 bits per heavy atom. The van der Waals surface area contributed by atoms with Gasteiger partial charge in [0.25, 0.3) is 0 Å². The van der Waals surface area contributed by atoms with E-state index in [4.69, 9.17) is 4.74 Å². The second-order valence-electron chi connectivity index (χ2n) is 5.51. The molecule has 0 fully saturated rings. The smallest absolute Gasteiger partial charge is 0.121 e. The number of methoxy groups -OCH3 is 1. The van der Waals surface area contributed by atoms with Crippen molar-refractivity contribution in [2.75, 3.05) is 18.6 Å². The molecular weight excluding hydrogens is 274 g/mol. The third-order valence-electron chi connectivity index (χ3n) is 3.74. The summed E-state index contributed by atoms with van der Waals surface area (Å²) in [5, 5.41) is 0. The van der Waals surface area contributed by atoms with Crippen LogP contribution >= 0.6 is 0 Å². The minimum atomic E-state index is 0.531. The number of carbonyl (C=O) groups excluding carboxylic acids is 1. The number of hydrogen-bond donors (Lipinski definition) is 0. The molecule has 2 aromatic carbocycles. The summed E-state index contributed by atoms with van der Waals surface area (Å²) >= 11 is 0. The average molecular weight is 297 g/mol. The van der Waals surface area contributed by atoms with Crippen molar-refractivity contribution in [3.05, 3.63) is 59.2 Å². The van der Waals surface area contributed by atoms with Gasteiger partial charge in [-0.05, 0) is 43.2 Å². The van der Waals surface area contributed by atoms with Gasteiger partial charge in [-0.15, -0.1) is 0 Å². The number of aryl methyl sites for hydroxylation is 2. The molecular formula is C19H23NO2. The standard InChI is InChI=1S/C19H23NO2/c1-15-5-10-19(16(2)13-15)20(11-4-12-21)14-17-6-8-18(22-3)9-7-17/h5-10,12-13H,4,11,14H2,1-3H3. The average Bonchev–Trinajstić information content (AvgIpc) is 2.52. The molecule has 0 aliphatic heterocycles. The quantitative estimate of drug-likeness (QED) is 0.726. The van der Waals surface area contributed by atoms with Gasteiger partial charge in [-0.25, -0.2) is 0 Å². The number of aldehydes is 1. The molecule has 0 spiro atoms. The summed E-state index contributed by atoms with van der Waals surface area (Å²) in [4.78, 5) is 13.0. The van der Waals surface area contributed by atoms with Crippen LogP contribution in [0.25, 0.3) is 0 Å². The van der Waals surface area contributed by atoms with Crippen LogP contribution in [-0.2, 0) is 11.3 Å². The van der Waals surface area contributed by atoms with E-state index in [1.807, 2.05) is 12.1 Å². The highest BCUT2D eigenvalue weighted by atomic mass is 16.5. The van der Waals surface area contributed by atoms with Crippen LogP contribution in [0.15, 0.2) is 42.5 Å². The second kappa shape index (κ2) is 7.64. The van der Waals surface area contributed by atoms with Gasteiger partial charge in [0, 0.05) is 25.2 Å². The Labute approximate surface area is 132 Å². The molecule has 3 nitrogen and oxygen atoms in total. The topological polar surface area (TPSA) is 29.5 Å². The number of nitrogens with zero attached hydrogens (tertiary/aromatic N) is 1. The highest BCUT2D eigenvalue weighted by Crippen LogP contribution is 2.24. The van der Waals surface area contributed by atoms with E-state index in [9.17, 15) is 4.79 Å². The lowest BCUT2D eigenvalue weighted by molar-refractivity contribution is -0.107. The Morgan fingerprint density at radius 1 is 1.09 bits per heavy atom. The van der Waals surface area contributed by atoms with Crippen LogP contribution in [0.3, 0.4) is 0 Å². The van der Waals surface area contributed by atoms with Crippen LogP contribution in [0.2, 0.25) is 0 Å². The minimum Gasteiger partial charge on any atom is -0.497 e. The summed E-state index contributed by atoms with van der Waals surface area (Å²) < 4.78 is 5.20. The van der Waals surface area contributed by atoms with Gasteiger partial charge in [-0.3, -0.25) is 0 Å². The summed E-state index contributed by atoms with van der Waals surface area (Å²) in [7, 11) is 1.67. The molecule has 0 atom stereocenters. The van der Waals surface area contributed by atoms with Gasteiger partial charge in [-0.1, -0.05) is 29.8 Å². The van der Waals surface area contributed by atoms with E-state index < -0.39 is 0 Å². The van der Waals surface area contributed by atoms with Gasteiger partial charge in [0.1, 0.15) is 12.0 Å². The van der Waals surface area contributed by atoms with Crippen LogP contribution in [0.5, 0.6) is 5.75 Å². The Bertz CT molecular complexity index is 620. The molecule has 0 N–H and O–H groups in total. The van der Waals surface area contributed by atoms with Gasteiger partial charge < -0.3 is 14.4 Å². The summed E-state index contributed by atoms with van der Waals surface area (Å²) in [6.45, 7) is 5.71. The Balaban J connectivity index is 2.22. The Hall–Kier alpha value is -2.29. The highest BCUT2D eigenvalue weighted by Gasteiger charge is 2.10. The highest BCUT2D eigenvalue weighted by molar-refractivity contribution is 5.57. The van der Waals surface area contributed by atoms with Gasteiger partial charge >= 0.3 is 0 Å². The molecule has 0 unspecified atom stereocenters. The number of hydrogen-bond acceptors (Lipinski definition) is 3. The maximum atomic E-state index is 10.8. The summed E-state index contributed by atoms with van der Waals surface area (Å²) in [6.07, 6.45) is 1.51. The van der Waals surface area contributed by atoms with Crippen molar-refractivity contribution in [2.45, 2.75) is 26.8 Å². The zero-order valence-corrected chi connectivity index (χ0v) is 13.5. The lowest BCUT2D eigenvalue weighted by Crippen LogP contribution is -2.25. The van der Waals surface area contributed by atoms with E-state index in [1.54, 1.807) is 7.11 Å². The molecule has 0 aliphatic rings. The molecule has 0 heterocycles. The first-order valence-electron chi connectivity index (χ1n) is 7.53.